The van der Waals surface area contributed by atoms with Gasteiger partial charge in [0.1, 0.15) is 0 Å². The van der Waals surface area contributed by atoms with E-state index in [1.807, 2.05) is 38.1 Å². The molecule has 0 fully saturated rings. The van der Waals surface area contributed by atoms with Crippen molar-refractivity contribution in [2.75, 3.05) is 0 Å². The second kappa shape index (κ2) is 7.89. The fourth-order valence-corrected chi connectivity index (χ4v) is 3.72. The van der Waals surface area contributed by atoms with Gasteiger partial charge in [0.15, 0.2) is 11.0 Å². The Hall–Kier alpha value is -3.07. The Morgan fingerprint density at radius 3 is 2.57 bits per heavy atom. The number of hydrogen-bond acceptors (Lipinski definition) is 8. The molecule has 0 aromatic carbocycles. The Labute approximate surface area is 166 Å². The van der Waals surface area contributed by atoms with Gasteiger partial charge in [0.2, 0.25) is 11.8 Å². The first-order valence-electron chi connectivity index (χ1n) is 8.92. The highest BCUT2D eigenvalue weighted by molar-refractivity contribution is 7.99. The lowest BCUT2D eigenvalue weighted by molar-refractivity contribution is 0.508. The maximum Gasteiger partial charge on any atom is 0.247 e. The summed E-state index contributed by atoms with van der Waals surface area (Å²) < 4.78 is 7.96. The third-order valence-corrected chi connectivity index (χ3v) is 5.25. The summed E-state index contributed by atoms with van der Waals surface area (Å²) >= 11 is 1.54. The molecule has 4 aromatic rings. The number of aromatic nitrogens is 7. The van der Waals surface area contributed by atoms with Crippen molar-refractivity contribution in [1.82, 2.24) is 34.9 Å². The highest BCUT2D eigenvalue weighted by atomic mass is 32.2. The summed E-state index contributed by atoms with van der Waals surface area (Å²) in [6, 6.07) is 7.63. The summed E-state index contributed by atoms with van der Waals surface area (Å²) in [6.45, 7) is 6.77. The first-order chi connectivity index (χ1) is 13.7. The molecule has 0 saturated carbocycles. The van der Waals surface area contributed by atoms with Crippen LogP contribution in [0.1, 0.15) is 30.7 Å². The molecule has 0 saturated heterocycles. The van der Waals surface area contributed by atoms with E-state index in [0.717, 1.165) is 34.3 Å². The quantitative estimate of drug-likeness (QED) is 0.454. The summed E-state index contributed by atoms with van der Waals surface area (Å²) in [4.78, 5) is 8.25. The van der Waals surface area contributed by atoms with Crippen LogP contribution in [-0.2, 0) is 6.54 Å². The number of pyridine rings is 2. The van der Waals surface area contributed by atoms with Gasteiger partial charge in [-0.25, -0.2) is 0 Å². The van der Waals surface area contributed by atoms with Crippen LogP contribution in [0.3, 0.4) is 0 Å². The second-order valence-electron chi connectivity index (χ2n) is 6.18. The topological polar surface area (TPSA) is 95.4 Å². The molecule has 0 spiro atoms. The van der Waals surface area contributed by atoms with Gasteiger partial charge in [0.25, 0.3) is 0 Å². The van der Waals surface area contributed by atoms with Crippen LogP contribution in [0.4, 0.5) is 0 Å². The predicted octanol–water partition coefficient (Wildman–Crippen LogP) is 3.97. The Kier molecular flexibility index (Phi) is 5.16. The van der Waals surface area contributed by atoms with E-state index >= 15 is 0 Å². The molecule has 0 aliphatic rings. The molecule has 0 N–H and O–H groups in total. The van der Waals surface area contributed by atoms with E-state index in [1.54, 1.807) is 30.4 Å². The van der Waals surface area contributed by atoms with Crippen LogP contribution >= 0.6 is 11.8 Å². The molecule has 28 heavy (non-hydrogen) atoms. The number of hydrogen-bond donors (Lipinski definition) is 0. The van der Waals surface area contributed by atoms with Gasteiger partial charge in [-0.15, -0.1) is 20.4 Å². The SMILES string of the molecule is CCn1c(SC(C)c2nnc(-c3ccnc(C)c3)o2)nnc1-c1ccncc1. The standard InChI is InChI=1S/C19H19N7OS/c1-4-26-16(14-5-8-20-9-6-14)22-25-19(26)28-13(3)17-23-24-18(27-17)15-7-10-21-12(2)11-15/h5-11,13H,4H2,1-3H3. The molecule has 0 aliphatic carbocycles. The minimum absolute atomic E-state index is 0.0658. The summed E-state index contributed by atoms with van der Waals surface area (Å²) in [6.07, 6.45) is 5.23. The summed E-state index contributed by atoms with van der Waals surface area (Å²) in [5.74, 6) is 1.85. The Bertz CT molecular complexity index is 1080. The van der Waals surface area contributed by atoms with Crippen molar-refractivity contribution in [3.63, 3.8) is 0 Å². The van der Waals surface area contributed by atoms with E-state index in [4.69, 9.17) is 4.42 Å². The molecule has 4 heterocycles. The molecule has 0 amide bonds. The van der Waals surface area contributed by atoms with E-state index < -0.39 is 0 Å². The fraction of sp³-hybridized carbons (Fsp3) is 0.263. The van der Waals surface area contributed by atoms with E-state index in [9.17, 15) is 0 Å². The van der Waals surface area contributed by atoms with E-state index in [0.29, 0.717) is 11.8 Å². The zero-order chi connectivity index (χ0) is 19.5. The van der Waals surface area contributed by atoms with Gasteiger partial charge in [-0.1, -0.05) is 11.8 Å². The van der Waals surface area contributed by atoms with E-state index in [-0.39, 0.29) is 5.25 Å². The monoisotopic (exact) mass is 393 g/mol. The number of nitrogens with zero attached hydrogens (tertiary/aromatic N) is 7. The zero-order valence-electron chi connectivity index (χ0n) is 15.8. The molecule has 9 heteroatoms. The van der Waals surface area contributed by atoms with Crippen LogP contribution < -0.4 is 0 Å². The Balaban J connectivity index is 1.56. The maximum absolute atomic E-state index is 5.89. The van der Waals surface area contributed by atoms with Gasteiger partial charge in [-0.2, -0.15) is 0 Å². The molecule has 1 atom stereocenters. The first kappa shape index (κ1) is 18.3. The third-order valence-electron chi connectivity index (χ3n) is 4.19. The second-order valence-corrected chi connectivity index (χ2v) is 7.49. The van der Waals surface area contributed by atoms with Crippen LogP contribution in [0.5, 0.6) is 0 Å². The van der Waals surface area contributed by atoms with Gasteiger partial charge in [-0.3, -0.25) is 9.97 Å². The summed E-state index contributed by atoms with van der Waals surface area (Å²) in [7, 11) is 0. The molecular formula is C19H19N7OS. The van der Waals surface area contributed by atoms with Crippen molar-refractivity contribution in [3.8, 4) is 22.8 Å². The lowest BCUT2D eigenvalue weighted by Gasteiger charge is -2.09. The lowest BCUT2D eigenvalue weighted by Crippen LogP contribution is -2.01. The van der Waals surface area contributed by atoms with Crippen molar-refractivity contribution in [3.05, 3.63) is 54.4 Å². The summed E-state index contributed by atoms with van der Waals surface area (Å²) in [5.41, 5.74) is 2.75. The average molecular weight is 393 g/mol. The van der Waals surface area contributed by atoms with Gasteiger partial charge in [0, 0.05) is 42.0 Å². The Morgan fingerprint density at radius 1 is 1.04 bits per heavy atom. The molecule has 8 nitrogen and oxygen atoms in total. The van der Waals surface area contributed by atoms with Crippen LogP contribution in [-0.4, -0.2) is 34.9 Å². The number of rotatable bonds is 6. The molecule has 4 aromatic heterocycles. The lowest BCUT2D eigenvalue weighted by atomic mass is 10.2. The Morgan fingerprint density at radius 2 is 1.82 bits per heavy atom. The normalized spacial score (nSPS) is 12.2. The highest BCUT2D eigenvalue weighted by Gasteiger charge is 2.21. The van der Waals surface area contributed by atoms with Crippen molar-refractivity contribution in [2.24, 2.45) is 0 Å². The van der Waals surface area contributed by atoms with Gasteiger partial charge in [0.05, 0.1) is 5.25 Å². The van der Waals surface area contributed by atoms with Crippen LogP contribution in [0.25, 0.3) is 22.8 Å². The minimum Gasteiger partial charge on any atom is -0.419 e. The molecule has 0 aliphatic heterocycles. The van der Waals surface area contributed by atoms with Crippen LogP contribution in [0.2, 0.25) is 0 Å². The number of thioether (sulfide) groups is 1. The molecule has 0 radical (unpaired) electrons. The highest BCUT2D eigenvalue weighted by Crippen LogP contribution is 2.35. The molecule has 4 rings (SSSR count). The van der Waals surface area contributed by atoms with Gasteiger partial charge in [-0.05, 0) is 45.0 Å². The van der Waals surface area contributed by atoms with Crippen molar-refractivity contribution in [1.29, 1.82) is 0 Å². The maximum atomic E-state index is 5.89. The van der Waals surface area contributed by atoms with Crippen molar-refractivity contribution >= 4 is 11.8 Å². The minimum atomic E-state index is -0.0658. The van der Waals surface area contributed by atoms with Gasteiger partial charge >= 0.3 is 0 Å². The fourth-order valence-electron chi connectivity index (χ4n) is 2.78. The van der Waals surface area contributed by atoms with E-state index in [1.165, 1.54) is 0 Å². The predicted molar refractivity (Wildman–Crippen MR) is 105 cm³/mol. The van der Waals surface area contributed by atoms with Crippen LogP contribution in [0.15, 0.2) is 52.4 Å². The average Bonchev–Trinajstić information content (AvgIpc) is 3.36. The first-order valence-corrected chi connectivity index (χ1v) is 9.80. The molecule has 142 valence electrons. The smallest absolute Gasteiger partial charge is 0.247 e. The largest absolute Gasteiger partial charge is 0.419 e. The van der Waals surface area contributed by atoms with Crippen molar-refractivity contribution in [2.45, 2.75) is 37.7 Å². The summed E-state index contributed by atoms with van der Waals surface area (Å²) in [5, 5.41) is 17.9. The zero-order valence-corrected chi connectivity index (χ0v) is 16.6. The molecule has 1 unspecified atom stereocenters. The number of aryl methyl sites for hydroxylation is 1. The van der Waals surface area contributed by atoms with Crippen molar-refractivity contribution < 1.29 is 4.42 Å². The van der Waals surface area contributed by atoms with E-state index in [2.05, 4.69) is 41.9 Å². The molecule has 0 bridgehead atoms. The van der Waals surface area contributed by atoms with Crippen LogP contribution in [0, 0.1) is 6.92 Å². The van der Waals surface area contributed by atoms with Gasteiger partial charge < -0.3 is 8.98 Å². The molecular weight excluding hydrogens is 374 g/mol. The third kappa shape index (κ3) is 3.65.